The van der Waals surface area contributed by atoms with E-state index in [0.717, 1.165) is 0 Å². The molecule has 0 bridgehead atoms. The molecule has 26 heavy (non-hydrogen) atoms. The van der Waals surface area contributed by atoms with Crippen LogP contribution in [-0.2, 0) is 14.4 Å². The number of methoxy groups -OCH3 is 1. The molecule has 8 heteroatoms. The Balaban J connectivity index is 2.05. The van der Waals surface area contributed by atoms with Gasteiger partial charge >= 0.3 is 12.1 Å². The molecular weight excluding hydrogens is 338 g/mol. The molecule has 2 N–H and O–H groups in total. The van der Waals surface area contributed by atoms with Crippen molar-refractivity contribution < 1.29 is 23.9 Å². The number of benzene rings is 1. The van der Waals surface area contributed by atoms with E-state index in [9.17, 15) is 9.59 Å². The van der Waals surface area contributed by atoms with E-state index in [2.05, 4.69) is 5.16 Å². The highest BCUT2D eigenvalue weighted by molar-refractivity contribution is 6.00. The molecule has 1 atom stereocenters. The van der Waals surface area contributed by atoms with Gasteiger partial charge in [0.25, 0.3) is 0 Å². The lowest BCUT2D eigenvalue weighted by Gasteiger charge is -2.27. The summed E-state index contributed by atoms with van der Waals surface area (Å²) >= 11 is 0. The normalized spacial score (nSPS) is 17.8. The van der Waals surface area contributed by atoms with Crippen molar-refractivity contribution in [3.8, 4) is 5.75 Å². The minimum absolute atomic E-state index is 0.0117. The Morgan fingerprint density at radius 3 is 2.62 bits per heavy atom. The van der Waals surface area contributed by atoms with E-state index in [-0.39, 0.29) is 5.84 Å². The van der Waals surface area contributed by atoms with Crippen molar-refractivity contribution >= 4 is 17.9 Å². The highest BCUT2D eigenvalue weighted by atomic mass is 16.7. The average Bonchev–Trinajstić information content (AvgIpc) is 3.07. The highest BCUT2D eigenvalue weighted by Crippen LogP contribution is 2.22. The van der Waals surface area contributed by atoms with Crippen molar-refractivity contribution in [1.29, 1.82) is 0 Å². The molecule has 1 heterocycles. The first-order chi connectivity index (χ1) is 12.2. The van der Waals surface area contributed by atoms with Gasteiger partial charge in [0.2, 0.25) is 0 Å². The van der Waals surface area contributed by atoms with Crippen LogP contribution in [0, 0.1) is 0 Å². The summed E-state index contributed by atoms with van der Waals surface area (Å²) in [7, 11) is 1.51. The Labute approximate surface area is 152 Å². The Kier molecular flexibility index (Phi) is 6.07. The summed E-state index contributed by atoms with van der Waals surface area (Å²) in [5, 5.41) is 3.70. The van der Waals surface area contributed by atoms with Gasteiger partial charge < -0.3 is 20.0 Å². The summed E-state index contributed by atoms with van der Waals surface area (Å²) in [4.78, 5) is 30.9. The van der Waals surface area contributed by atoms with Crippen molar-refractivity contribution in [1.82, 2.24) is 4.90 Å². The Bertz CT molecular complexity index is 696. The summed E-state index contributed by atoms with van der Waals surface area (Å²) in [6.07, 6.45) is 0.631. The number of likely N-dealkylation sites (tertiary alicyclic amines) is 1. The summed E-state index contributed by atoms with van der Waals surface area (Å²) in [5.74, 6) is -0.120. The van der Waals surface area contributed by atoms with Crippen LogP contribution < -0.4 is 10.5 Å². The molecule has 1 amide bonds. The van der Waals surface area contributed by atoms with E-state index in [1.54, 1.807) is 45.0 Å². The number of rotatable bonds is 4. The van der Waals surface area contributed by atoms with E-state index in [0.29, 0.717) is 30.7 Å². The third-order valence-corrected chi connectivity index (χ3v) is 3.77. The number of para-hydroxylation sites is 1. The predicted octanol–water partition coefficient (Wildman–Crippen LogP) is 2.26. The topological polar surface area (TPSA) is 103 Å². The van der Waals surface area contributed by atoms with E-state index in [1.165, 1.54) is 12.0 Å². The van der Waals surface area contributed by atoms with Crippen LogP contribution in [0.25, 0.3) is 0 Å². The second-order valence-electron chi connectivity index (χ2n) is 6.92. The molecule has 1 aliphatic rings. The van der Waals surface area contributed by atoms with Crippen LogP contribution >= 0.6 is 0 Å². The van der Waals surface area contributed by atoms with Gasteiger partial charge in [-0.15, -0.1) is 0 Å². The smallest absolute Gasteiger partial charge is 0.411 e. The minimum atomic E-state index is -0.737. The lowest BCUT2D eigenvalue weighted by Crippen LogP contribution is -2.43. The summed E-state index contributed by atoms with van der Waals surface area (Å²) < 4.78 is 10.5. The van der Waals surface area contributed by atoms with E-state index < -0.39 is 23.7 Å². The van der Waals surface area contributed by atoms with Crippen LogP contribution in [0.1, 0.15) is 39.2 Å². The SMILES string of the molecule is COc1ccccc1C(N)=NOC(=O)C1CCCN1C(=O)OC(C)(C)C. The molecule has 1 unspecified atom stereocenters. The van der Waals surface area contributed by atoms with E-state index >= 15 is 0 Å². The fourth-order valence-corrected chi connectivity index (χ4v) is 2.61. The average molecular weight is 363 g/mol. The molecule has 0 aliphatic carbocycles. The molecule has 0 aromatic heterocycles. The molecule has 0 saturated carbocycles. The molecular formula is C18H25N3O5. The quantitative estimate of drug-likeness (QED) is 0.381. The Morgan fingerprint density at radius 2 is 1.96 bits per heavy atom. The number of nitrogens with zero attached hydrogens (tertiary/aromatic N) is 2. The van der Waals surface area contributed by atoms with Gasteiger partial charge in [0.15, 0.2) is 5.84 Å². The molecule has 8 nitrogen and oxygen atoms in total. The monoisotopic (exact) mass is 363 g/mol. The summed E-state index contributed by atoms with van der Waals surface area (Å²) in [6.45, 7) is 5.74. The fourth-order valence-electron chi connectivity index (χ4n) is 2.61. The number of oxime groups is 1. The molecule has 0 spiro atoms. The van der Waals surface area contributed by atoms with Gasteiger partial charge in [-0.3, -0.25) is 4.90 Å². The number of hydrogen-bond acceptors (Lipinski definition) is 6. The largest absolute Gasteiger partial charge is 0.496 e. The number of ether oxygens (including phenoxy) is 2. The van der Waals surface area contributed by atoms with E-state index in [1.807, 2.05) is 0 Å². The molecule has 1 fully saturated rings. The summed E-state index contributed by atoms with van der Waals surface area (Å²) in [5.41, 5.74) is 5.76. The van der Waals surface area contributed by atoms with Gasteiger partial charge in [-0.1, -0.05) is 17.3 Å². The second kappa shape index (κ2) is 8.07. The molecule has 2 rings (SSSR count). The zero-order chi connectivity index (χ0) is 19.3. The molecule has 1 aliphatic heterocycles. The Hall–Kier alpha value is -2.77. The maximum atomic E-state index is 12.4. The third kappa shape index (κ3) is 4.87. The van der Waals surface area contributed by atoms with Gasteiger partial charge in [-0.05, 0) is 45.7 Å². The number of amidine groups is 1. The second-order valence-corrected chi connectivity index (χ2v) is 6.92. The minimum Gasteiger partial charge on any atom is -0.496 e. The highest BCUT2D eigenvalue weighted by Gasteiger charge is 2.38. The molecule has 0 radical (unpaired) electrons. The van der Waals surface area contributed by atoms with Gasteiger partial charge in [0.05, 0.1) is 12.7 Å². The molecule has 1 aromatic carbocycles. The van der Waals surface area contributed by atoms with Crippen molar-refractivity contribution in [2.24, 2.45) is 10.9 Å². The van der Waals surface area contributed by atoms with Crippen LogP contribution in [0.15, 0.2) is 29.4 Å². The van der Waals surface area contributed by atoms with Crippen molar-refractivity contribution in [2.45, 2.75) is 45.3 Å². The predicted molar refractivity (Wildman–Crippen MR) is 95.8 cm³/mol. The molecule has 1 saturated heterocycles. The first-order valence-electron chi connectivity index (χ1n) is 8.40. The van der Waals surface area contributed by atoms with Gasteiger partial charge in [-0.2, -0.15) is 0 Å². The zero-order valence-electron chi connectivity index (χ0n) is 15.5. The number of amides is 1. The van der Waals surface area contributed by atoms with Crippen molar-refractivity contribution in [3.05, 3.63) is 29.8 Å². The van der Waals surface area contributed by atoms with Gasteiger partial charge in [-0.25, -0.2) is 9.59 Å². The fraction of sp³-hybridized carbons (Fsp3) is 0.500. The summed E-state index contributed by atoms with van der Waals surface area (Å²) in [6, 6.07) is 6.25. The lowest BCUT2D eigenvalue weighted by atomic mass is 10.2. The third-order valence-electron chi connectivity index (χ3n) is 3.77. The van der Waals surface area contributed by atoms with Crippen molar-refractivity contribution in [3.63, 3.8) is 0 Å². The standard InChI is InChI=1S/C18H25N3O5/c1-18(2,3)25-17(23)21-11-7-9-13(21)16(22)26-20-15(19)12-8-5-6-10-14(12)24-4/h5-6,8,10,13H,7,9,11H2,1-4H3,(H2,19,20). The number of carbonyl (C=O) groups is 2. The van der Waals surface area contributed by atoms with Crippen LogP contribution in [-0.4, -0.2) is 48.1 Å². The zero-order valence-corrected chi connectivity index (χ0v) is 15.5. The molecule has 142 valence electrons. The van der Waals surface area contributed by atoms with Crippen LogP contribution in [0.5, 0.6) is 5.75 Å². The van der Waals surface area contributed by atoms with Crippen LogP contribution in [0.3, 0.4) is 0 Å². The lowest BCUT2D eigenvalue weighted by molar-refractivity contribution is -0.148. The van der Waals surface area contributed by atoms with Gasteiger partial charge in [0.1, 0.15) is 17.4 Å². The number of nitrogens with two attached hydrogens (primary N) is 1. The first-order valence-corrected chi connectivity index (χ1v) is 8.40. The van der Waals surface area contributed by atoms with E-state index in [4.69, 9.17) is 20.0 Å². The number of hydrogen-bond donors (Lipinski definition) is 1. The maximum Gasteiger partial charge on any atom is 0.411 e. The van der Waals surface area contributed by atoms with Gasteiger partial charge in [0, 0.05) is 6.54 Å². The number of carbonyl (C=O) groups excluding carboxylic acids is 2. The first kappa shape index (κ1) is 19.6. The van der Waals surface area contributed by atoms with Crippen LogP contribution in [0.2, 0.25) is 0 Å². The maximum absolute atomic E-state index is 12.4. The molecule has 1 aromatic rings. The van der Waals surface area contributed by atoms with Crippen molar-refractivity contribution in [2.75, 3.05) is 13.7 Å². The van der Waals surface area contributed by atoms with Crippen LogP contribution in [0.4, 0.5) is 4.79 Å². The Morgan fingerprint density at radius 1 is 1.27 bits per heavy atom.